The summed E-state index contributed by atoms with van der Waals surface area (Å²) in [5, 5.41) is 11.0. The van der Waals surface area contributed by atoms with Crippen LogP contribution < -0.4 is 15.0 Å². The highest BCUT2D eigenvalue weighted by Crippen LogP contribution is 2.23. The van der Waals surface area contributed by atoms with Gasteiger partial charge in [-0.25, -0.2) is 8.42 Å². The molecule has 0 aliphatic carbocycles. The minimum Gasteiger partial charge on any atom is -0.480 e. The second-order valence-corrected chi connectivity index (χ2v) is 8.56. The zero-order valence-electron chi connectivity index (χ0n) is 13.6. The van der Waals surface area contributed by atoms with Gasteiger partial charge in [-0.2, -0.15) is 0 Å². The lowest BCUT2D eigenvalue weighted by Crippen LogP contribution is -2.46. The molecule has 8 nitrogen and oxygen atoms in total. The molecule has 1 aromatic heterocycles. The molecule has 0 aromatic carbocycles. The highest BCUT2D eigenvalue weighted by Gasteiger charge is 2.32. The second kappa shape index (κ2) is 6.92. The van der Waals surface area contributed by atoms with Crippen LogP contribution in [-0.4, -0.2) is 62.3 Å². The largest absolute Gasteiger partial charge is 0.480 e. The molecule has 132 valence electrons. The third-order valence-electron chi connectivity index (χ3n) is 4.53. The zero-order chi connectivity index (χ0) is 17.2. The van der Waals surface area contributed by atoms with E-state index >= 15 is 0 Å². The van der Waals surface area contributed by atoms with Crippen molar-refractivity contribution in [3.63, 3.8) is 0 Å². The smallest absolute Gasteiger partial charge is 0.233 e. The lowest BCUT2D eigenvalue weighted by Gasteiger charge is -2.33. The van der Waals surface area contributed by atoms with E-state index in [1.165, 1.54) is 7.11 Å². The third kappa shape index (κ3) is 3.95. The highest BCUT2D eigenvalue weighted by atomic mass is 32.2. The standard InChI is InChI=1S/C15H22N4O4S/c1-23-14-5-4-13(17-18-14)19-7-2-3-11(9-19)15(20)16-12-6-8-24(21,22)10-12/h4-5,11-12H,2-3,6-10H2,1H3,(H,16,20)/t11-,12+/m0/s1. The molecule has 3 rings (SSSR count). The fraction of sp³-hybridized carbons (Fsp3) is 0.667. The molecule has 2 saturated heterocycles. The van der Waals surface area contributed by atoms with Crippen LogP contribution in [0.25, 0.3) is 0 Å². The van der Waals surface area contributed by atoms with E-state index in [0.717, 1.165) is 25.2 Å². The van der Waals surface area contributed by atoms with Crippen molar-refractivity contribution in [3.8, 4) is 5.88 Å². The maximum Gasteiger partial charge on any atom is 0.233 e. The van der Waals surface area contributed by atoms with E-state index in [9.17, 15) is 13.2 Å². The predicted octanol–water partition coefficient (Wildman–Crippen LogP) is 0.00490. The molecule has 0 saturated carbocycles. The molecule has 3 heterocycles. The van der Waals surface area contributed by atoms with Crippen molar-refractivity contribution in [2.24, 2.45) is 5.92 Å². The van der Waals surface area contributed by atoms with Gasteiger partial charge in [-0.05, 0) is 25.3 Å². The zero-order valence-corrected chi connectivity index (χ0v) is 14.5. The number of aromatic nitrogens is 2. The Balaban J connectivity index is 1.59. The fourth-order valence-corrected chi connectivity index (χ4v) is 4.89. The molecule has 1 amide bonds. The lowest BCUT2D eigenvalue weighted by molar-refractivity contribution is -0.125. The minimum atomic E-state index is -2.99. The quantitative estimate of drug-likeness (QED) is 0.812. The number of piperidine rings is 1. The summed E-state index contributed by atoms with van der Waals surface area (Å²) < 4.78 is 28.0. The van der Waals surface area contributed by atoms with Crippen molar-refractivity contribution in [1.82, 2.24) is 15.5 Å². The molecular formula is C15H22N4O4S. The molecular weight excluding hydrogens is 332 g/mol. The number of sulfone groups is 1. The molecule has 24 heavy (non-hydrogen) atoms. The summed E-state index contributed by atoms with van der Waals surface area (Å²) in [6, 6.07) is 3.32. The summed E-state index contributed by atoms with van der Waals surface area (Å²) in [5.41, 5.74) is 0. The maximum atomic E-state index is 12.5. The summed E-state index contributed by atoms with van der Waals surface area (Å²) in [7, 11) is -1.45. The number of carbonyl (C=O) groups is 1. The van der Waals surface area contributed by atoms with E-state index in [0.29, 0.717) is 18.8 Å². The number of anilines is 1. The topological polar surface area (TPSA) is 101 Å². The van der Waals surface area contributed by atoms with Gasteiger partial charge in [-0.3, -0.25) is 4.79 Å². The molecule has 2 atom stereocenters. The maximum absolute atomic E-state index is 12.5. The van der Waals surface area contributed by atoms with Crippen LogP contribution in [0.15, 0.2) is 12.1 Å². The monoisotopic (exact) mass is 354 g/mol. The molecule has 0 spiro atoms. The van der Waals surface area contributed by atoms with Crippen LogP contribution in [0, 0.1) is 5.92 Å². The molecule has 1 N–H and O–H groups in total. The van der Waals surface area contributed by atoms with Gasteiger partial charge < -0.3 is 15.0 Å². The van der Waals surface area contributed by atoms with Crippen molar-refractivity contribution in [1.29, 1.82) is 0 Å². The number of methoxy groups -OCH3 is 1. The van der Waals surface area contributed by atoms with Crippen LogP contribution in [-0.2, 0) is 14.6 Å². The average Bonchev–Trinajstić information content (AvgIpc) is 2.93. The van der Waals surface area contributed by atoms with Gasteiger partial charge in [0.05, 0.1) is 24.5 Å². The van der Waals surface area contributed by atoms with Gasteiger partial charge in [0, 0.05) is 25.2 Å². The van der Waals surface area contributed by atoms with Gasteiger partial charge >= 0.3 is 0 Å². The number of amides is 1. The van der Waals surface area contributed by atoms with E-state index in [1.54, 1.807) is 6.07 Å². The van der Waals surface area contributed by atoms with Crippen molar-refractivity contribution >= 4 is 21.6 Å². The lowest BCUT2D eigenvalue weighted by atomic mass is 9.96. The third-order valence-corrected chi connectivity index (χ3v) is 6.30. The Bertz CT molecular complexity index is 692. The van der Waals surface area contributed by atoms with Crippen molar-refractivity contribution < 1.29 is 17.9 Å². The first-order valence-electron chi connectivity index (χ1n) is 8.10. The van der Waals surface area contributed by atoms with Crippen molar-refractivity contribution in [2.45, 2.75) is 25.3 Å². The Kier molecular flexibility index (Phi) is 4.88. The van der Waals surface area contributed by atoms with Crippen molar-refractivity contribution in [3.05, 3.63) is 12.1 Å². The normalized spacial score (nSPS) is 26.1. The summed E-state index contributed by atoms with van der Waals surface area (Å²) in [5.74, 6) is 1.16. The Hall–Kier alpha value is -1.90. The molecule has 2 aliphatic rings. The van der Waals surface area contributed by atoms with E-state index in [2.05, 4.69) is 15.5 Å². The van der Waals surface area contributed by atoms with Crippen molar-refractivity contribution in [2.75, 3.05) is 36.6 Å². The Morgan fingerprint density at radius 3 is 2.79 bits per heavy atom. The molecule has 1 aromatic rings. The molecule has 0 bridgehead atoms. The van der Waals surface area contributed by atoms with Crippen LogP contribution in [0.5, 0.6) is 5.88 Å². The molecule has 0 unspecified atom stereocenters. The van der Waals surface area contributed by atoms with E-state index < -0.39 is 9.84 Å². The first-order valence-corrected chi connectivity index (χ1v) is 9.92. The van der Waals surface area contributed by atoms with Crippen LogP contribution in [0.4, 0.5) is 5.82 Å². The van der Waals surface area contributed by atoms with Gasteiger partial charge in [0.1, 0.15) is 0 Å². The summed E-state index contributed by atoms with van der Waals surface area (Å²) in [6.07, 6.45) is 2.19. The highest BCUT2D eigenvalue weighted by molar-refractivity contribution is 7.91. The van der Waals surface area contributed by atoms with E-state index in [1.807, 2.05) is 11.0 Å². The number of rotatable bonds is 4. The van der Waals surface area contributed by atoms with E-state index in [-0.39, 0.29) is 29.4 Å². The van der Waals surface area contributed by atoms with Crippen LogP contribution in [0.3, 0.4) is 0 Å². The molecule has 9 heteroatoms. The Labute approximate surface area is 141 Å². The molecule has 2 fully saturated rings. The van der Waals surface area contributed by atoms with Gasteiger partial charge in [-0.1, -0.05) is 0 Å². The predicted molar refractivity (Wildman–Crippen MR) is 88.7 cm³/mol. The number of carbonyl (C=O) groups excluding carboxylic acids is 1. The number of nitrogens with one attached hydrogen (secondary N) is 1. The Morgan fingerprint density at radius 2 is 2.17 bits per heavy atom. The summed E-state index contributed by atoms with van der Waals surface area (Å²) in [4.78, 5) is 14.5. The van der Waals surface area contributed by atoms with Gasteiger partial charge in [0.2, 0.25) is 11.8 Å². The first-order chi connectivity index (χ1) is 11.5. The second-order valence-electron chi connectivity index (χ2n) is 6.33. The fourth-order valence-electron chi connectivity index (χ4n) is 3.22. The number of hydrogen-bond acceptors (Lipinski definition) is 7. The number of ether oxygens (including phenoxy) is 1. The SMILES string of the molecule is COc1ccc(N2CCC[C@H](C(=O)N[C@@H]3CCS(=O)(=O)C3)C2)nn1. The average molecular weight is 354 g/mol. The first kappa shape index (κ1) is 16.9. The van der Waals surface area contributed by atoms with Gasteiger partial charge in [0.25, 0.3) is 0 Å². The minimum absolute atomic E-state index is 0.0547. The molecule has 2 aliphatic heterocycles. The summed E-state index contributed by atoms with van der Waals surface area (Å²) >= 11 is 0. The van der Waals surface area contributed by atoms with Gasteiger partial charge in [-0.15, -0.1) is 10.2 Å². The van der Waals surface area contributed by atoms with E-state index in [4.69, 9.17) is 4.74 Å². The van der Waals surface area contributed by atoms with Crippen LogP contribution in [0.1, 0.15) is 19.3 Å². The van der Waals surface area contributed by atoms with Crippen LogP contribution >= 0.6 is 0 Å². The summed E-state index contributed by atoms with van der Waals surface area (Å²) in [6.45, 7) is 1.38. The Morgan fingerprint density at radius 1 is 1.33 bits per heavy atom. The molecule has 0 radical (unpaired) electrons. The van der Waals surface area contributed by atoms with Crippen LogP contribution in [0.2, 0.25) is 0 Å². The number of nitrogens with zero attached hydrogens (tertiary/aromatic N) is 3. The van der Waals surface area contributed by atoms with Gasteiger partial charge in [0.15, 0.2) is 15.7 Å². The number of hydrogen-bond donors (Lipinski definition) is 1.